The lowest BCUT2D eigenvalue weighted by molar-refractivity contribution is -0.120. The van der Waals surface area contributed by atoms with Gasteiger partial charge in [-0.25, -0.2) is 0 Å². The Morgan fingerprint density at radius 2 is 2.46 bits per heavy atom. The van der Waals surface area contributed by atoms with Crippen molar-refractivity contribution >= 4 is 33.6 Å². The maximum absolute atomic E-state index is 11.2. The van der Waals surface area contributed by atoms with E-state index in [0.717, 1.165) is 11.9 Å². The summed E-state index contributed by atoms with van der Waals surface area (Å²) in [4.78, 5) is 11.2. The van der Waals surface area contributed by atoms with Gasteiger partial charge in [-0.1, -0.05) is 15.9 Å². The summed E-state index contributed by atoms with van der Waals surface area (Å²) >= 11 is 5.23. The molecule has 1 N–H and O–H groups in total. The molecule has 13 heavy (non-hydrogen) atoms. The van der Waals surface area contributed by atoms with E-state index in [4.69, 9.17) is 0 Å². The molecule has 0 saturated carbocycles. The monoisotopic (exact) mass is 265 g/mol. The molecular weight excluding hydrogens is 250 g/mol. The Kier molecular flexibility index (Phi) is 4.59. The summed E-state index contributed by atoms with van der Waals surface area (Å²) in [5.74, 6) is 1.40. The van der Waals surface area contributed by atoms with Gasteiger partial charge < -0.3 is 5.32 Å². The molecule has 0 aliphatic carbocycles. The van der Waals surface area contributed by atoms with E-state index in [1.54, 1.807) is 0 Å². The highest BCUT2D eigenvalue weighted by atomic mass is 79.9. The van der Waals surface area contributed by atoms with Gasteiger partial charge in [-0.05, 0) is 25.5 Å². The molecule has 1 fully saturated rings. The highest BCUT2D eigenvalue weighted by molar-refractivity contribution is 9.09. The van der Waals surface area contributed by atoms with Gasteiger partial charge in [0, 0.05) is 23.0 Å². The minimum absolute atomic E-state index is 0.158. The first-order chi connectivity index (χ1) is 6.16. The maximum atomic E-state index is 11.2. The molecule has 0 bridgehead atoms. The van der Waals surface area contributed by atoms with Crippen molar-refractivity contribution in [3.05, 3.63) is 0 Å². The van der Waals surface area contributed by atoms with Crippen molar-refractivity contribution in [2.24, 2.45) is 0 Å². The molecule has 1 aliphatic heterocycles. The van der Waals surface area contributed by atoms with E-state index < -0.39 is 0 Å². The van der Waals surface area contributed by atoms with Gasteiger partial charge >= 0.3 is 0 Å². The largest absolute Gasteiger partial charge is 0.355 e. The van der Waals surface area contributed by atoms with Crippen LogP contribution in [0.15, 0.2) is 0 Å². The van der Waals surface area contributed by atoms with Gasteiger partial charge in [-0.3, -0.25) is 4.79 Å². The highest BCUT2D eigenvalue weighted by Crippen LogP contribution is 2.36. The molecule has 0 aromatic rings. The number of thioether (sulfide) groups is 1. The molecule has 4 heteroatoms. The van der Waals surface area contributed by atoms with E-state index in [-0.39, 0.29) is 5.91 Å². The van der Waals surface area contributed by atoms with Crippen LogP contribution >= 0.6 is 27.7 Å². The van der Waals surface area contributed by atoms with Crippen molar-refractivity contribution in [2.75, 3.05) is 17.6 Å². The van der Waals surface area contributed by atoms with Gasteiger partial charge in [0.15, 0.2) is 0 Å². The van der Waals surface area contributed by atoms with Gasteiger partial charge in [-0.15, -0.1) is 0 Å². The maximum Gasteiger partial charge on any atom is 0.220 e. The number of carbonyl (C=O) groups is 1. The third-order valence-corrected chi connectivity index (χ3v) is 4.22. The third kappa shape index (κ3) is 3.90. The smallest absolute Gasteiger partial charge is 0.220 e. The molecule has 1 amide bonds. The second-order valence-corrected chi connectivity index (χ2v) is 6.09. The average Bonchev–Trinajstić information content (AvgIpc) is 2.51. The lowest BCUT2D eigenvalue weighted by Crippen LogP contribution is -2.36. The summed E-state index contributed by atoms with van der Waals surface area (Å²) in [6.07, 6.45) is 3.10. The zero-order valence-corrected chi connectivity index (χ0v) is 10.3. The lowest BCUT2D eigenvalue weighted by atomic mass is 10.1. The zero-order valence-electron chi connectivity index (χ0n) is 7.94. The van der Waals surface area contributed by atoms with Crippen LogP contribution in [-0.2, 0) is 4.79 Å². The summed E-state index contributed by atoms with van der Waals surface area (Å²) in [7, 11) is 0. The summed E-state index contributed by atoms with van der Waals surface area (Å²) < 4.78 is 0.294. The van der Waals surface area contributed by atoms with Gasteiger partial charge in [0.2, 0.25) is 5.91 Å². The van der Waals surface area contributed by atoms with E-state index >= 15 is 0 Å². The van der Waals surface area contributed by atoms with Crippen LogP contribution in [0.25, 0.3) is 0 Å². The predicted molar refractivity (Wildman–Crippen MR) is 61.5 cm³/mol. The Labute approximate surface area is 92.4 Å². The Balaban J connectivity index is 2.21. The molecule has 1 atom stereocenters. The molecule has 0 aromatic carbocycles. The van der Waals surface area contributed by atoms with Crippen molar-refractivity contribution in [3.8, 4) is 0 Å². The fraction of sp³-hybridized carbons (Fsp3) is 0.889. The van der Waals surface area contributed by atoms with Gasteiger partial charge in [0.05, 0.1) is 0 Å². The molecule has 76 valence electrons. The molecule has 0 aromatic heterocycles. The van der Waals surface area contributed by atoms with E-state index in [1.807, 2.05) is 11.8 Å². The van der Waals surface area contributed by atoms with Gasteiger partial charge in [-0.2, -0.15) is 11.8 Å². The normalized spacial score (nSPS) is 27.5. The number of amides is 1. The van der Waals surface area contributed by atoms with Crippen molar-refractivity contribution < 1.29 is 4.79 Å². The van der Waals surface area contributed by atoms with Crippen LogP contribution in [0.2, 0.25) is 0 Å². The lowest BCUT2D eigenvalue weighted by Gasteiger charge is -2.22. The number of hydrogen-bond donors (Lipinski definition) is 1. The molecule has 1 saturated heterocycles. The molecule has 1 rings (SSSR count). The number of hydrogen-bond acceptors (Lipinski definition) is 2. The van der Waals surface area contributed by atoms with Crippen molar-refractivity contribution in [2.45, 2.75) is 30.9 Å². The molecule has 1 aliphatic rings. The summed E-state index contributed by atoms with van der Waals surface area (Å²) in [6, 6.07) is 0. The number of rotatable bonds is 4. The molecule has 1 unspecified atom stereocenters. The second kappa shape index (κ2) is 5.25. The van der Waals surface area contributed by atoms with Crippen molar-refractivity contribution in [1.29, 1.82) is 0 Å². The fourth-order valence-corrected chi connectivity index (χ4v) is 3.04. The van der Waals surface area contributed by atoms with Crippen LogP contribution in [0.1, 0.15) is 26.2 Å². The first kappa shape index (κ1) is 11.4. The Morgan fingerprint density at radius 1 is 1.69 bits per heavy atom. The van der Waals surface area contributed by atoms with Crippen molar-refractivity contribution in [3.63, 3.8) is 0 Å². The topological polar surface area (TPSA) is 29.1 Å². The van der Waals surface area contributed by atoms with Crippen LogP contribution < -0.4 is 5.32 Å². The quantitative estimate of drug-likeness (QED) is 0.790. The second-order valence-electron chi connectivity index (χ2n) is 3.62. The van der Waals surface area contributed by atoms with Crippen LogP contribution in [0.4, 0.5) is 0 Å². The number of carbonyl (C=O) groups excluding carboxylic acids is 1. The number of halogens is 1. The first-order valence-electron chi connectivity index (χ1n) is 4.63. The Bertz CT molecular complexity index is 180. The minimum atomic E-state index is 0.158. The standard InChI is InChI=1S/C9H16BrNOS/c1-9(4-2-6-13-9)7-11-8(12)3-5-10/h2-7H2,1H3,(H,11,12). The van der Waals surface area contributed by atoms with Crippen LogP contribution in [0.3, 0.4) is 0 Å². The SMILES string of the molecule is CC1(CNC(=O)CCBr)CCCS1. The zero-order chi connectivity index (χ0) is 9.73. The minimum Gasteiger partial charge on any atom is -0.355 e. The fourth-order valence-electron chi connectivity index (χ4n) is 1.44. The molecule has 1 heterocycles. The van der Waals surface area contributed by atoms with Crippen LogP contribution in [-0.4, -0.2) is 28.3 Å². The Morgan fingerprint density at radius 3 is 3.00 bits per heavy atom. The first-order valence-corrected chi connectivity index (χ1v) is 6.74. The Hall–Kier alpha value is 0.300. The van der Waals surface area contributed by atoms with E-state index in [1.165, 1.54) is 18.6 Å². The van der Waals surface area contributed by atoms with Crippen LogP contribution in [0.5, 0.6) is 0 Å². The molecule has 0 spiro atoms. The van der Waals surface area contributed by atoms with Gasteiger partial charge in [0.25, 0.3) is 0 Å². The van der Waals surface area contributed by atoms with E-state index in [2.05, 4.69) is 28.2 Å². The summed E-state index contributed by atoms with van der Waals surface area (Å²) in [6.45, 7) is 3.06. The average molecular weight is 266 g/mol. The van der Waals surface area contributed by atoms with Crippen molar-refractivity contribution in [1.82, 2.24) is 5.32 Å². The molecular formula is C9H16BrNOS. The summed E-state index contributed by atoms with van der Waals surface area (Å²) in [5.41, 5.74) is 0. The number of alkyl halides is 1. The molecule has 2 nitrogen and oxygen atoms in total. The number of nitrogens with one attached hydrogen (secondary N) is 1. The highest BCUT2D eigenvalue weighted by Gasteiger charge is 2.29. The van der Waals surface area contributed by atoms with E-state index in [0.29, 0.717) is 11.2 Å². The van der Waals surface area contributed by atoms with E-state index in [9.17, 15) is 4.79 Å². The summed E-state index contributed by atoms with van der Waals surface area (Å²) in [5, 5.41) is 3.73. The third-order valence-electron chi connectivity index (χ3n) is 2.28. The predicted octanol–water partition coefficient (Wildman–Crippen LogP) is 2.17. The van der Waals surface area contributed by atoms with Gasteiger partial charge in [0.1, 0.15) is 0 Å². The molecule has 0 radical (unpaired) electrons. The van der Waals surface area contributed by atoms with Crippen LogP contribution in [0, 0.1) is 0 Å².